The van der Waals surface area contributed by atoms with Gasteiger partial charge in [-0.15, -0.1) is 0 Å². The number of hydrogen-bond donors (Lipinski definition) is 2. The highest BCUT2D eigenvalue weighted by atomic mass is 35.5. The Morgan fingerprint density at radius 1 is 1.15 bits per heavy atom. The summed E-state index contributed by atoms with van der Waals surface area (Å²) in [5.41, 5.74) is 3.67. The number of aryl methyl sites for hydroxylation is 3. The predicted octanol–water partition coefficient (Wildman–Crippen LogP) is 4.01. The Labute approximate surface area is 165 Å². The van der Waals surface area contributed by atoms with Crippen LogP contribution >= 0.6 is 11.6 Å². The van der Waals surface area contributed by atoms with Crippen LogP contribution in [0.4, 0.5) is 4.39 Å². The average molecular weight is 393 g/mol. The molecule has 1 atom stereocenters. The topological polar surface area (TPSA) is 52.6 Å². The third-order valence-electron chi connectivity index (χ3n) is 4.84. The van der Waals surface area contributed by atoms with Crippen LogP contribution in [-0.2, 0) is 6.42 Å². The van der Waals surface area contributed by atoms with Crippen molar-refractivity contribution in [1.29, 1.82) is 0 Å². The smallest absolute Gasteiger partial charge is 0.254 e. The van der Waals surface area contributed by atoms with Crippen molar-refractivity contribution in [3.05, 3.63) is 62.9 Å². The number of nitrogens with zero attached hydrogens (tertiary/aromatic N) is 1. The van der Waals surface area contributed by atoms with Crippen LogP contribution < -0.4 is 5.32 Å². The molecule has 6 heteroatoms. The van der Waals surface area contributed by atoms with Crippen molar-refractivity contribution in [1.82, 2.24) is 10.2 Å². The minimum atomic E-state index is -0.582. The molecule has 4 nitrogen and oxygen atoms in total. The molecule has 0 spiro atoms. The third-order valence-corrected chi connectivity index (χ3v) is 5.25. The molecule has 27 heavy (non-hydrogen) atoms. The molecule has 0 unspecified atom stereocenters. The van der Waals surface area contributed by atoms with E-state index in [1.807, 2.05) is 32.8 Å². The molecule has 2 N–H and O–H groups in total. The van der Waals surface area contributed by atoms with Gasteiger partial charge >= 0.3 is 0 Å². The monoisotopic (exact) mass is 392 g/mol. The second-order valence-electron chi connectivity index (χ2n) is 7.17. The highest BCUT2D eigenvalue weighted by Gasteiger charge is 2.19. The van der Waals surface area contributed by atoms with Gasteiger partial charge in [-0.25, -0.2) is 4.39 Å². The van der Waals surface area contributed by atoms with Crippen molar-refractivity contribution >= 4 is 17.5 Å². The molecule has 0 aliphatic rings. The largest absolute Gasteiger partial charge is 0.508 e. The van der Waals surface area contributed by atoms with Gasteiger partial charge in [0.25, 0.3) is 5.91 Å². The van der Waals surface area contributed by atoms with Crippen LogP contribution in [0.3, 0.4) is 0 Å². The lowest BCUT2D eigenvalue weighted by molar-refractivity contribution is 0.0937. The Bertz CT molecular complexity index is 829. The van der Waals surface area contributed by atoms with Crippen molar-refractivity contribution in [3.8, 4) is 5.75 Å². The van der Waals surface area contributed by atoms with E-state index >= 15 is 0 Å². The first kappa shape index (κ1) is 21.2. The minimum Gasteiger partial charge on any atom is -0.508 e. The van der Waals surface area contributed by atoms with Gasteiger partial charge in [0.05, 0.1) is 5.56 Å². The zero-order valence-electron chi connectivity index (χ0n) is 16.4. The van der Waals surface area contributed by atoms with Gasteiger partial charge in [0.2, 0.25) is 0 Å². The third kappa shape index (κ3) is 5.21. The molecule has 0 aliphatic carbocycles. The predicted molar refractivity (Wildman–Crippen MR) is 107 cm³/mol. The lowest BCUT2D eigenvalue weighted by atomic mass is 9.95. The van der Waals surface area contributed by atoms with Crippen molar-refractivity contribution in [2.75, 3.05) is 20.6 Å². The molecule has 0 heterocycles. The zero-order valence-corrected chi connectivity index (χ0v) is 17.1. The fraction of sp³-hybridized carbons (Fsp3) is 0.381. The number of phenolic OH excluding ortho intramolecular Hbond substituents is 1. The summed E-state index contributed by atoms with van der Waals surface area (Å²) in [6, 6.07) is 6.11. The summed E-state index contributed by atoms with van der Waals surface area (Å²) < 4.78 is 14.1. The molecule has 0 bridgehead atoms. The van der Waals surface area contributed by atoms with Crippen molar-refractivity contribution < 1.29 is 14.3 Å². The van der Waals surface area contributed by atoms with Gasteiger partial charge in [-0.1, -0.05) is 11.6 Å². The lowest BCUT2D eigenvalue weighted by Gasteiger charge is -2.26. The average Bonchev–Trinajstić information content (AvgIpc) is 2.56. The fourth-order valence-corrected chi connectivity index (χ4v) is 3.26. The number of carbonyl (C=O) groups is 1. The quantitative estimate of drug-likeness (QED) is 0.780. The molecular weight excluding hydrogens is 367 g/mol. The first-order chi connectivity index (χ1) is 12.6. The van der Waals surface area contributed by atoms with Crippen molar-refractivity contribution in [2.24, 2.45) is 0 Å². The van der Waals surface area contributed by atoms with Gasteiger partial charge in [-0.3, -0.25) is 4.79 Å². The summed E-state index contributed by atoms with van der Waals surface area (Å²) in [6.45, 7) is 5.96. The maximum atomic E-state index is 14.1. The molecule has 1 amide bonds. The van der Waals surface area contributed by atoms with Crippen LogP contribution in [0.5, 0.6) is 5.75 Å². The molecule has 0 saturated heterocycles. The molecule has 0 aliphatic heterocycles. The van der Waals surface area contributed by atoms with Crippen LogP contribution in [0.2, 0.25) is 5.02 Å². The van der Waals surface area contributed by atoms with E-state index in [9.17, 15) is 14.3 Å². The Morgan fingerprint density at radius 3 is 2.30 bits per heavy atom. The number of carbonyl (C=O) groups excluding carboxylic acids is 1. The molecule has 146 valence electrons. The highest BCUT2D eigenvalue weighted by Crippen LogP contribution is 2.23. The van der Waals surface area contributed by atoms with E-state index in [-0.39, 0.29) is 17.4 Å². The number of phenols is 1. The number of likely N-dealkylation sites (N-methyl/N-ethyl adjacent to an activating group) is 1. The number of halogens is 2. The summed E-state index contributed by atoms with van der Waals surface area (Å²) in [5.74, 6) is -0.823. The van der Waals surface area contributed by atoms with Crippen molar-refractivity contribution in [2.45, 2.75) is 33.2 Å². The number of rotatable bonds is 6. The zero-order chi connectivity index (χ0) is 20.3. The molecule has 2 aromatic carbocycles. The number of benzene rings is 2. The van der Waals surface area contributed by atoms with Gasteiger partial charge in [-0.05, 0) is 87.8 Å². The Hall–Kier alpha value is -2.11. The Morgan fingerprint density at radius 2 is 1.74 bits per heavy atom. The second kappa shape index (κ2) is 8.72. The second-order valence-corrected chi connectivity index (χ2v) is 7.58. The normalized spacial score (nSPS) is 12.3. The van der Waals surface area contributed by atoms with Crippen LogP contribution in [0, 0.1) is 26.6 Å². The molecule has 0 radical (unpaired) electrons. The van der Waals surface area contributed by atoms with E-state index in [1.165, 1.54) is 12.1 Å². The van der Waals surface area contributed by atoms with Gasteiger partial charge < -0.3 is 15.3 Å². The van der Waals surface area contributed by atoms with Crippen LogP contribution in [0.25, 0.3) is 0 Å². The lowest BCUT2D eigenvalue weighted by Crippen LogP contribution is -2.42. The first-order valence-corrected chi connectivity index (χ1v) is 9.17. The van der Waals surface area contributed by atoms with E-state index in [0.29, 0.717) is 23.6 Å². The Kier molecular flexibility index (Phi) is 6.84. The van der Waals surface area contributed by atoms with Gasteiger partial charge in [0.1, 0.15) is 11.6 Å². The molecule has 0 saturated carbocycles. The van der Waals surface area contributed by atoms with E-state index in [4.69, 9.17) is 11.6 Å². The Balaban J connectivity index is 2.14. The van der Waals surface area contributed by atoms with E-state index < -0.39 is 11.7 Å². The number of hydrogen-bond acceptors (Lipinski definition) is 3. The van der Waals surface area contributed by atoms with E-state index in [0.717, 1.165) is 16.7 Å². The molecule has 2 aromatic rings. The van der Waals surface area contributed by atoms with Crippen LogP contribution in [0.15, 0.2) is 24.3 Å². The van der Waals surface area contributed by atoms with E-state index in [2.05, 4.69) is 5.32 Å². The highest BCUT2D eigenvalue weighted by molar-refractivity contribution is 6.31. The summed E-state index contributed by atoms with van der Waals surface area (Å²) in [5, 5.41) is 12.9. The summed E-state index contributed by atoms with van der Waals surface area (Å²) in [6.07, 6.45) is 0.697. The summed E-state index contributed by atoms with van der Waals surface area (Å²) in [4.78, 5) is 14.4. The SMILES string of the molecule is Cc1cc(F)c(C(=O)NC[C@H](Cc2c(C)cc(O)cc2C)N(C)C)cc1Cl. The van der Waals surface area contributed by atoms with Gasteiger partial charge in [-0.2, -0.15) is 0 Å². The van der Waals surface area contributed by atoms with E-state index in [1.54, 1.807) is 19.1 Å². The standard InChI is InChI=1S/C21H26ClFN2O2/c1-12-6-16(26)7-13(2)17(12)9-15(25(4)5)11-24-21(27)18-10-19(22)14(3)8-20(18)23/h6-8,10,15,26H,9,11H2,1-5H3,(H,24,27)/t15-/m0/s1. The summed E-state index contributed by atoms with van der Waals surface area (Å²) in [7, 11) is 3.87. The molecule has 2 rings (SSSR count). The number of amides is 1. The summed E-state index contributed by atoms with van der Waals surface area (Å²) >= 11 is 6.02. The molecular formula is C21H26ClFN2O2. The van der Waals surface area contributed by atoms with Gasteiger partial charge in [0.15, 0.2) is 0 Å². The van der Waals surface area contributed by atoms with Gasteiger partial charge in [0, 0.05) is 17.6 Å². The number of nitrogens with one attached hydrogen (secondary N) is 1. The van der Waals surface area contributed by atoms with Crippen LogP contribution in [0.1, 0.15) is 32.6 Å². The van der Waals surface area contributed by atoms with Crippen LogP contribution in [-0.4, -0.2) is 42.6 Å². The maximum absolute atomic E-state index is 14.1. The maximum Gasteiger partial charge on any atom is 0.254 e. The fourth-order valence-electron chi connectivity index (χ4n) is 3.09. The molecule has 0 fully saturated rings. The minimum absolute atomic E-state index is 0.0138. The molecule has 0 aromatic heterocycles. The number of aromatic hydroxyl groups is 1. The first-order valence-electron chi connectivity index (χ1n) is 8.79. The van der Waals surface area contributed by atoms with Crippen molar-refractivity contribution in [3.63, 3.8) is 0 Å².